The summed E-state index contributed by atoms with van der Waals surface area (Å²) in [6.07, 6.45) is 0. The maximum atomic E-state index is 13.0. The van der Waals surface area contributed by atoms with Gasteiger partial charge in [-0.3, -0.25) is 5.43 Å². The molecule has 0 aliphatic heterocycles. The third-order valence-electron chi connectivity index (χ3n) is 1.56. The predicted octanol–water partition coefficient (Wildman–Crippen LogP) is 2.10. The molecule has 0 aliphatic carbocycles. The maximum Gasteiger partial charge on any atom is 0.370 e. The van der Waals surface area contributed by atoms with E-state index in [1.54, 1.807) is 0 Å². The fraction of sp³-hybridized carbons (Fsp3) is 0.111. The van der Waals surface area contributed by atoms with Gasteiger partial charge in [-0.05, 0) is 12.1 Å². The second-order valence-corrected chi connectivity index (χ2v) is 2.99. The van der Waals surface area contributed by atoms with Gasteiger partial charge in [0.2, 0.25) is 5.17 Å². The van der Waals surface area contributed by atoms with Crippen molar-refractivity contribution in [2.24, 2.45) is 5.10 Å². The lowest BCUT2D eigenvalue weighted by Crippen LogP contribution is -2.11. The third kappa shape index (κ3) is 3.16. The number of nitrogens with one attached hydrogen (secondary N) is 1. The number of carbonyl (C=O) groups excluding carboxylic acids is 1. The molecule has 0 amide bonds. The summed E-state index contributed by atoms with van der Waals surface area (Å²) >= 11 is 5.37. The van der Waals surface area contributed by atoms with E-state index in [9.17, 15) is 13.6 Å². The zero-order valence-electron chi connectivity index (χ0n) is 8.13. The summed E-state index contributed by atoms with van der Waals surface area (Å²) in [4.78, 5) is 10.8. The molecule has 7 heteroatoms. The number of anilines is 1. The van der Waals surface area contributed by atoms with Crippen molar-refractivity contribution < 1.29 is 18.3 Å². The number of esters is 1. The van der Waals surface area contributed by atoms with Crippen LogP contribution in [0.3, 0.4) is 0 Å². The molecule has 1 aromatic carbocycles. The molecule has 86 valence electrons. The van der Waals surface area contributed by atoms with Crippen LogP contribution in [0.15, 0.2) is 23.3 Å². The highest BCUT2D eigenvalue weighted by atomic mass is 35.5. The SMILES string of the molecule is COC(=O)/C(Cl)=N/Nc1cc(F)ccc1F. The smallest absolute Gasteiger partial charge is 0.370 e. The summed E-state index contributed by atoms with van der Waals surface area (Å²) in [5, 5.41) is 2.80. The van der Waals surface area contributed by atoms with Crippen molar-refractivity contribution in [2.75, 3.05) is 12.5 Å². The number of benzene rings is 1. The van der Waals surface area contributed by atoms with E-state index >= 15 is 0 Å². The van der Waals surface area contributed by atoms with E-state index in [0.29, 0.717) is 0 Å². The van der Waals surface area contributed by atoms with Gasteiger partial charge in [0.15, 0.2) is 0 Å². The summed E-state index contributed by atoms with van der Waals surface area (Å²) in [7, 11) is 1.11. The van der Waals surface area contributed by atoms with Gasteiger partial charge >= 0.3 is 5.97 Å². The van der Waals surface area contributed by atoms with E-state index in [0.717, 1.165) is 25.3 Å². The number of carbonyl (C=O) groups is 1. The van der Waals surface area contributed by atoms with Crippen LogP contribution in [0.4, 0.5) is 14.5 Å². The lowest BCUT2D eigenvalue weighted by Gasteiger charge is -2.02. The van der Waals surface area contributed by atoms with E-state index in [4.69, 9.17) is 11.6 Å². The van der Waals surface area contributed by atoms with Gasteiger partial charge in [0.05, 0.1) is 12.8 Å². The molecule has 16 heavy (non-hydrogen) atoms. The molecule has 1 N–H and O–H groups in total. The topological polar surface area (TPSA) is 50.7 Å². The van der Waals surface area contributed by atoms with Gasteiger partial charge in [0, 0.05) is 6.07 Å². The van der Waals surface area contributed by atoms with Crippen LogP contribution in [-0.2, 0) is 9.53 Å². The minimum absolute atomic E-state index is 0.234. The Labute approximate surface area is 94.9 Å². The first-order chi connectivity index (χ1) is 7.54. The van der Waals surface area contributed by atoms with Crippen molar-refractivity contribution in [3.05, 3.63) is 29.8 Å². The van der Waals surface area contributed by atoms with Crippen molar-refractivity contribution in [2.45, 2.75) is 0 Å². The van der Waals surface area contributed by atoms with Crippen LogP contribution >= 0.6 is 11.6 Å². The quantitative estimate of drug-likeness (QED) is 0.506. The number of halogens is 3. The Morgan fingerprint density at radius 2 is 2.19 bits per heavy atom. The van der Waals surface area contributed by atoms with Gasteiger partial charge < -0.3 is 4.74 Å². The second kappa shape index (κ2) is 5.41. The maximum absolute atomic E-state index is 13.0. The number of hydrogen-bond acceptors (Lipinski definition) is 4. The average molecular weight is 249 g/mol. The van der Waals surface area contributed by atoms with Gasteiger partial charge in [-0.15, -0.1) is 0 Å². The summed E-state index contributed by atoms with van der Waals surface area (Å²) in [6, 6.07) is 2.74. The summed E-state index contributed by atoms with van der Waals surface area (Å²) in [5.74, 6) is -2.25. The van der Waals surface area contributed by atoms with Gasteiger partial charge in [0.25, 0.3) is 0 Å². The van der Waals surface area contributed by atoms with Gasteiger partial charge in [-0.25, -0.2) is 13.6 Å². The largest absolute Gasteiger partial charge is 0.464 e. The van der Waals surface area contributed by atoms with E-state index < -0.39 is 22.8 Å². The molecule has 0 spiro atoms. The molecule has 0 atom stereocenters. The first-order valence-electron chi connectivity index (χ1n) is 4.07. The number of ether oxygens (including phenoxy) is 1. The van der Waals surface area contributed by atoms with Crippen LogP contribution in [0.25, 0.3) is 0 Å². The number of hydrazone groups is 1. The number of hydrogen-bond donors (Lipinski definition) is 1. The Balaban J connectivity index is 2.81. The number of methoxy groups -OCH3 is 1. The number of nitrogens with zero attached hydrogens (tertiary/aromatic N) is 1. The highest BCUT2D eigenvalue weighted by Crippen LogP contribution is 2.15. The van der Waals surface area contributed by atoms with E-state index in [1.807, 2.05) is 0 Å². The summed E-state index contributed by atoms with van der Waals surface area (Å²) in [5.41, 5.74) is 1.87. The third-order valence-corrected chi connectivity index (χ3v) is 1.80. The van der Waals surface area contributed by atoms with Crippen molar-refractivity contribution in [1.29, 1.82) is 0 Å². The minimum atomic E-state index is -0.883. The lowest BCUT2D eigenvalue weighted by atomic mass is 10.3. The van der Waals surface area contributed by atoms with Crippen LogP contribution in [0.2, 0.25) is 0 Å². The molecule has 0 saturated carbocycles. The van der Waals surface area contributed by atoms with E-state index in [-0.39, 0.29) is 5.69 Å². The van der Waals surface area contributed by atoms with Crippen molar-refractivity contribution in [3.8, 4) is 0 Å². The fourth-order valence-electron chi connectivity index (χ4n) is 0.822. The van der Waals surface area contributed by atoms with Gasteiger partial charge in [-0.1, -0.05) is 11.6 Å². The van der Waals surface area contributed by atoms with Crippen LogP contribution in [0.1, 0.15) is 0 Å². The molecule has 0 aliphatic rings. The molecule has 0 saturated heterocycles. The zero-order valence-corrected chi connectivity index (χ0v) is 8.89. The Bertz CT molecular complexity index is 438. The van der Waals surface area contributed by atoms with E-state index in [1.165, 1.54) is 0 Å². The molecule has 4 nitrogen and oxygen atoms in total. The van der Waals surface area contributed by atoms with Crippen LogP contribution in [-0.4, -0.2) is 18.2 Å². The Morgan fingerprint density at radius 1 is 1.50 bits per heavy atom. The first kappa shape index (κ1) is 12.4. The molecule has 0 aromatic heterocycles. The molecule has 0 unspecified atom stereocenters. The van der Waals surface area contributed by atoms with Gasteiger partial charge in [-0.2, -0.15) is 5.10 Å². The first-order valence-corrected chi connectivity index (χ1v) is 4.45. The molecular weight excluding hydrogens is 242 g/mol. The second-order valence-electron chi connectivity index (χ2n) is 2.63. The highest BCUT2D eigenvalue weighted by molar-refractivity contribution is 6.82. The molecule has 0 bridgehead atoms. The lowest BCUT2D eigenvalue weighted by molar-refractivity contribution is -0.132. The van der Waals surface area contributed by atoms with E-state index in [2.05, 4.69) is 15.3 Å². The number of rotatable bonds is 3. The average Bonchev–Trinajstić information content (AvgIpc) is 2.28. The fourth-order valence-corrected chi connectivity index (χ4v) is 0.942. The molecular formula is C9H7ClF2N2O2. The Morgan fingerprint density at radius 3 is 2.81 bits per heavy atom. The normalized spacial score (nSPS) is 11.1. The van der Waals surface area contributed by atoms with Crippen LogP contribution < -0.4 is 5.43 Å². The monoisotopic (exact) mass is 248 g/mol. The van der Waals surface area contributed by atoms with Crippen LogP contribution in [0, 0.1) is 11.6 Å². The molecule has 0 heterocycles. The van der Waals surface area contributed by atoms with Crippen molar-refractivity contribution >= 4 is 28.4 Å². The molecule has 0 fully saturated rings. The Hall–Kier alpha value is -1.69. The zero-order chi connectivity index (χ0) is 12.1. The molecule has 0 radical (unpaired) electrons. The van der Waals surface area contributed by atoms with Gasteiger partial charge in [0.1, 0.15) is 11.6 Å². The Kier molecular flexibility index (Phi) is 4.19. The molecule has 1 rings (SSSR count). The summed E-state index contributed by atoms with van der Waals surface area (Å²) < 4.78 is 30.0. The van der Waals surface area contributed by atoms with Crippen molar-refractivity contribution in [3.63, 3.8) is 0 Å². The standard InChI is InChI=1S/C9H7ClF2N2O2/c1-16-9(15)8(10)14-13-7-4-5(11)2-3-6(7)12/h2-4,13H,1H3/b14-8-. The molecule has 1 aromatic rings. The predicted molar refractivity (Wildman–Crippen MR) is 55.3 cm³/mol. The van der Waals surface area contributed by atoms with Crippen LogP contribution in [0.5, 0.6) is 0 Å². The highest BCUT2D eigenvalue weighted by Gasteiger charge is 2.08. The van der Waals surface area contributed by atoms with Crippen molar-refractivity contribution in [1.82, 2.24) is 0 Å². The summed E-state index contributed by atoms with van der Waals surface area (Å²) in [6.45, 7) is 0. The minimum Gasteiger partial charge on any atom is -0.464 e.